The van der Waals surface area contributed by atoms with Gasteiger partial charge in [-0.05, 0) is 43.2 Å². The standard InChI is InChI=1S/C22H24ClN5O.2ClH/c1-15-25-20-5-3-2-4-18(20)21(26-15)27-10-12-28(13-11-27)22(29)19(24)14-16-6-8-17(23)9-7-16;;/h2-9,19H,10-14,24H2,1H3;2*1H. The maximum absolute atomic E-state index is 12.8. The van der Waals surface area contributed by atoms with Crippen LogP contribution in [0.3, 0.4) is 0 Å². The predicted octanol–water partition coefficient (Wildman–Crippen LogP) is 3.65. The van der Waals surface area contributed by atoms with Crippen molar-refractivity contribution in [1.82, 2.24) is 14.9 Å². The van der Waals surface area contributed by atoms with Crippen LogP contribution in [0.4, 0.5) is 5.82 Å². The van der Waals surface area contributed by atoms with E-state index in [1.54, 1.807) is 0 Å². The molecule has 1 aliphatic heterocycles. The first-order valence-corrected chi connectivity index (χ1v) is 10.2. The molecule has 6 nitrogen and oxygen atoms in total. The molecule has 0 bridgehead atoms. The maximum Gasteiger partial charge on any atom is 0.239 e. The Balaban J connectivity index is 0.00000171. The zero-order chi connectivity index (χ0) is 20.4. The van der Waals surface area contributed by atoms with Gasteiger partial charge in [-0.2, -0.15) is 0 Å². The molecule has 1 unspecified atom stereocenters. The molecule has 2 heterocycles. The fourth-order valence-corrected chi connectivity index (χ4v) is 3.87. The van der Waals surface area contributed by atoms with Gasteiger partial charge in [0.15, 0.2) is 0 Å². The molecule has 2 aromatic carbocycles. The number of hydrogen-bond donors (Lipinski definition) is 1. The van der Waals surface area contributed by atoms with Crippen molar-refractivity contribution in [3.63, 3.8) is 0 Å². The third-order valence-electron chi connectivity index (χ3n) is 5.27. The second kappa shape index (κ2) is 11.0. The van der Waals surface area contributed by atoms with E-state index in [-0.39, 0.29) is 30.7 Å². The largest absolute Gasteiger partial charge is 0.352 e. The molecule has 0 aliphatic carbocycles. The number of anilines is 1. The Morgan fingerprint density at radius 3 is 2.35 bits per heavy atom. The van der Waals surface area contributed by atoms with Gasteiger partial charge in [0.1, 0.15) is 11.6 Å². The number of piperazine rings is 1. The summed E-state index contributed by atoms with van der Waals surface area (Å²) in [6.45, 7) is 4.61. The van der Waals surface area contributed by atoms with Crippen LogP contribution < -0.4 is 10.6 Å². The van der Waals surface area contributed by atoms with Gasteiger partial charge < -0.3 is 15.5 Å². The van der Waals surface area contributed by atoms with Crippen LogP contribution in [0.5, 0.6) is 0 Å². The predicted molar refractivity (Wildman–Crippen MR) is 131 cm³/mol. The number of aryl methyl sites for hydroxylation is 1. The lowest BCUT2D eigenvalue weighted by Gasteiger charge is -2.37. The Morgan fingerprint density at radius 2 is 1.68 bits per heavy atom. The minimum atomic E-state index is -0.551. The lowest BCUT2D eigenvalue weighted by Crippen LogP contribution is -2.53. The molecule has 166 valence electrons. The van der Waals surface area contributed by atoms with Crippen LogP contribution >= 0.6 is 36.4 Å². The number of fused-ring (bicyclic) bond motifs is 1. The fraction of sp³-hybridized carbons (Fsp3) is 0.318. The number of aromatic nitrogens is 2. The topological polar surface area (TPSA) is 75.4 Å². The zero-order valence-corrected chi connectivity index (χ0v) is 19.6. The third-order valence-corrected chi connectivity index (χ3v) is 5.52. The van der Waals surface area contributed by atoms with Gasteiger partial charge in [-0.3, -0.25) is 4.79 Å². The van der Waals surface area contributed by atoms with Crippen molar-refractivity contribution in [2.45, 2.75) is 19.4 Å². The number of halogens is 3. The van der Waals surface area contributed by atoms with Crippen molar-refractivity contribution < 1.29 is 4.79 Å². The number of carbonyl (C=O) groups is 1. The number of para-hydroxylation sites is 1. The van der Waals surface area contributed by atoms with Crippen molar-refractivity contribution in [3.8, 4) is 0 Å². The van der Waals surface area contributed by atoms with Gasteiger partial charge in [-0.15, -0.1) is 24.8 Å². The van der Waals surface area contributed by atoms with Gasteiger partial charge in [0.2, 0.25) is 5.91 Å². The minimum absolute atomic E-state index is 0. The summed E-state index contributed by atoms with van der Waals surface area (Å²) >= 11 is 5.92. The SMILES string of the molecule is Cc1nc(N2CCN(C(=O)C(N)Cc3ccc(Cl)cc3)CC2)c2ccccc2n1.Cl.Cl. The van der Waals surface area contributed by atoms with E-state index in [1.165, 1.54) is 0 Å². The Morgan fingerprint density at radius 1 is 1.03 bits per heavy atom. The van der Waals surface area contributed by atoms with E-state index in [1.807, 2.05) is 60.4 Å². The molecular formula is C22H26Cl3N5O. The molecule has 0 radical (unpaired) electrons. The molecule has 0 spiro atoms. The van der Waals surface area contributed by atoms with Gasteiger partial charge in [0, 0.05) is 36.6 Å². The van der Waals surface area contributed by atoms with Gasteiger partial charge in [-0.1, -0.05) is 35.9 Å². The summed E-state index contributed by atoms with van der Waals surface area (Å²) in [6.07, 6.45) is 0.506. The van der Waals surface area contributed by atoms with E-state index in [2.05, 4.69) is 14.9 Å². The number of rotatable bonds is 4. The van der Waals surface area contributed by atoms with Gasteiger partial charge in [0.05, 0.1) is 11.6 Å². The fourth-order valence-electron chi connectivity index (χ4n) is 3.75. The van der Waals surface area contributed by atoms with Crippen LogP contribution in [-0.2, 0) is 11.2 Å². The molecule has 1 amide bonds. The van der Waals surface area contributed by atoms with Gasteiger partial charge in [0.25, 0.3) is 0 Å². The van der Waals surface area contributed by atoms with Crippen molar-refractivity contribution in [1.29, 1.82) is 0 Å². The highest BCUT2D eigenvalue weighted by atomic mass is 35.5. The maximum atomic E-state index is 12.8. The first-order chi connectivity index (χ1) is 14.0. The van der Waals surface area contributed by atoms with E-state index in [0.717, 1.165) is 41.2 Å². The number of nitrogens with zero attached hydrogens (tertiary/aromatic N) is 4. The quantitative estimate of drug-likeness (QED) is 0.614. The van der Waals surface area contributed by atoms with Crippen LogP contribution in [0.25, 0.3) is 10.9 Å². The summed E-state index contributed by atoms with van der Waals surface area (Å²) in [5.74, 6) is 1.68. The summed E-state index contributed by atoms with van der Waals surface area (Å²) in [6, 6.07) is 14.9. The number of hydrogen-bond acceptors (Lipinski definition) is 5. The normalized spacial score (nSPS) is 14.5. The van der Waals surface area contributed by atoms with E-state index in [0.29, 0.717) is 24.5 Å². The van der Waals surface area contributed by atoms with E-state index in [9.17, 15) is 4.79 Å². The first-order valence-electron chi connectivity index (χ1n) is 9.78. The lowest BCUT2D eigenvalue weighted by molar-refractivity contribution is -0.132. The van der Waals surface area contributed by atoms with E-state index >= 15 is 0 Å². The van der Waals surface area contributed by atoms with Crippen molar-refractivity contribution in [2.75, 3.05) is 31.1 Å². The number of amides is 1. The molecule has 31 heavy (non-hydrogen) atoms. The molecule has 1 saturated heterocycles. The average molecular weight is 483 g/mol. The molecule has 3 aromatic rings. The number of nitrogens with two attached hydrogens (primary N) is 1. The van der Waals surface area contributed by atoms with Crippen molar-refractivity contribution in [2.24, 2.45) is 5.73 Å². The van der Waals surface area contributed by atoms with E-state index in [4.69, 9.17) is 17.3 Å². The molecule has 2 N–H and O–H groups in total. The summed E-state index contributed by atoms with van der Waals surface area (Å²) in [5.41, 5.74) is 8.15. The van der Waals surface area contributed by atoms with Crippen LogP contribution in [0.2, 0.25) is 5.02 Å². The monoisotopic (exact) mass is 481 g/mol. The van der Waals surface area contributed by atoms with E-state index < -0.39 is 6.04 Å². The summed E-state index contributed by atoms with van der Waals surface area (Å²) in [7, 11) is 0. The van der Waals surface area contributed by atoms with Crippen LogP contribution in [0.1, 0.15) is 11.4 Å². The highest BCUT2D eigenvalue weighted by molar-refractivity contribution is 6.30. The van der Waals surface area contributed by atoms with Crippen molar-refractivity contribution in [3.05, 3.63) is 64.9 Å². The molecule has 9 heteroatoms. The molecule has 0 saturated carbocycles. The van der Waals surface area contributed by atoms with Crippen molar-refractivity contribution >= 4 is 59.0 Å². The Labute approximate surface area is 199 Å². The lowest BCUT2D eigenvalue weighted by atomic mass is 10.1. The third kappa shape index (κ3) is 5.77. The zero-order valence-electron chi connectivity index (χ0n) is 17.2. The van der Waals surface area contributed by atoms with Crippen LogP contribution in [0.15, 0.2) is 48.5 Å². The average Bonchev–Trinajstić information content (AvgIpc) is 2.74. The minimum Gasteiger partial charge on any atom is -0.352 e. The smallest absolute Gasteiger partial charge is 0.239 e. The molecule has 1 fully saturated rings. The summed E-state index contributed by atoms with van der Waals surface area (Å²) < 4.78 is 0. The number of benzene rings is 2. The molecule has 1 atom stereocenters. The summed E-state index contributed by atoms with van der Waals surface area (Å²) in [4.78, 5) is 26.1. The van der Waals surface area contributed by atoms with Gasteiger partial charge >= 0.3 is 0 Å². The van der Waals surface area contributed by atoms with Crippen LogP contribution in [0, 0.1) is 6.92 Å². The molecule has 1 aliphatic rings. The number of carbonyl (C=O) groups excluding carboxylic acids is 1. The molecule has 1 aromatic heterocycles. The van der Waals surface area contributed by atoms with Gasteiger partial charge in [-0.25, -0.2) is 9.97 Å². The first kappa shape index (κ1) is 25.1. The Kier molecular flexibility index (Phi) is 8.89. The van der Waals surface area contributed by atoms with Crippen LogP contribution in [-0.4, -0.2) is 53.0 Å². The molecular weight excluding hydrogens is 457 g/mol. The highest BCUT2D eigenvalue weighted by Crippen LogP contribution is 2.25. The Bertz CT molecular complexity index is 1020. The second-order valence-electron chi connectivity index (χ2n) is 7.36. The Hall–Kier alpha value is -2.12. The summed E-state index contributed by atoms with van der Waals surface area (Å²) in [5, 5.41) is 1.72. The highest BCUT2D eigenvalue weighted by Gasteiger charge is 2.26. The second-order valence-corrected chi connectivity index (χ2v) is 7.80. The molecule has 4 rings (SSSR count).